The number of nitrogens with zero attached hydrogens (tertiary/aromatic N) is 3. The summed E-state index contributed by atoms with van der Waals surface area (Å²) in [5.41, 5.74) is 8.45. The predicted molar refractivity (Wildman–Crippen MR) is 75.0 cm³/mol. The Bertz CT molecular complexity index is 534. The maximum absolute atomic E-state index is 8.89. The lowest BCUT2D eigenvalue weighted by atomic mass is 10.2. The number of aliphatic hydroxyl groups is 1. The van der Waals surface area contributed by atoms with Gasteiger partial charge in [-0.1, -0.05) is 41.6 Å². The van der Waals surface area contributed by atoms with Crippen LogP contribution < -0.4 is 5.73 Å². The first-order valence-corrected chi connectivity index (χ1v) is 6.31. The highest BCUT2D eigenvalue weighted by Gasteiger charge is 2.08. The molecule has 0 fully saturated rings. The summed E-state index contributed by atoms with van der Waals surface area (Å²) >= 11 is 0. The number of benzene rings is 1. The van der Waals surface area contributed by atoms with Crippen molar-refractivity contribution < 1.29 is 5.11 Å². The van der Waals surface area contributed by atoms with Gasteiger partial charge in [-0.15, -0.1) is 5.10 Å². The average Bonchev–Trinajstić information content (AvgIpc) is 2.86. The van der Waals surface area contributed by atoms with E-state index >= 15 is 0 Å². The SMILES string of the molecule is NCc1nnn(CCCO)c1/C=C/c1ccccc1. The molecule has 0 aliphatic rings. The zero-order chi connectivity index (χ0) is 13.5. The van der Waals surface area contributed by atoms with Crippen LogP contribution in [-0.2, 0) is 13.1 Å². The lowest BCUT2D eigenvalue weighted by molar-refractivity contribution is 0.276. The topological polar surface area (TPSA) is 77.0 Å². The summed E-state index contributed by atoms with van der Waals surface area (Å²) in [6, 6.07) is 10.0. The van der Waals surface area contributed by atoms with Crippen molar-refractivity contribution in [3.05, 3.63) is 47.3 Å². The molecule has 100 valence electrons. The third-order valence-electron chi connectivity index (χ3n) is 2.80. The molecule has 0 bridgehead atoms. The molecule has 1 aromatic heterocycles. The van der Waals surface area contributed by atoms with Crippen LogP contribution in [0.1, 0.15) is 23.4 Å². The molecule has 5 heteroatoms. The molecular weight excluding hydrogens is 240 g/mol. The molecule has 0 aliphatic carbocycles. The Labute approximate surface area is 112 Å². The Morgan fingerprint density at radius 3 is 2.68 bits per heavy atom. The van der Waals surface area contributed by atoms with Crippen LogP contribution in [0.3, 0.4) is 0 Å². The molecule has 1 heterocycles. The fraction of sp³-hybridized carbons (Fsp3) is 0.286. The third kappa shape index (κ3) is 3.49. The quantitative estimate of drug-likeness (QED) is 0.818. The second-order valence-corrected chi connectivity index (χ2v) is 4.17. The summed E-state index contributed by atoms with van der Waals surface area (Å²) in [4.78, 5) is 0. The van der Waals surface area contributed by atoms with Gasteiger partial charge in [0.05, 0.1) is 5.69 Å². The molecule has 19 heavy (non-hydrogen) atoms. The molecule has 0 amide bonds. The van der Waals surface area contributed by atoms with Crippen molar-refractivity contribution in [2.45, 2.75) is 19.5 Å². The fourth-order valence-corrected chi connectivity index (χ4v) is 1.81. The van der Waals surface area contributed by atoms with E-state index in [9.17, 15) is 0 Å². The van der Waals surface area contributed by atoms with Crippen molar-refractivity contribution in [1.29, 1.82) is 0 Å². The van der Waals surface area contributed by atoms with E-state index < -0.39 is 0 Å². The van der Waals surface area contributed by atoms with Crippen molar-refractivity contribution in [2.75, 3.05) is 6.61 Å². The number of hydrogen-bond donors (Lipinski definition) is 2. The van der Waals surface area contributed by atoms with E-state index in [1.165, 1.54) is 0 Å². The average molecular weight is 258 g/mol. The van der Waals surface area contributed by atoms with Crippen molar-refractivity contribution in [3.63, 3.8) is 0 Å². The summed E-state index contributed by atoms with van der Waals surface area (Å²) in [7, 11) is 0. The molecule has 5 nitrogen and oxygen atoms in total. The van der Waals surface area contributed by atoms with Crippen LogP contribution in [0, 0.1) is 0 Å². The normalized spacial score (nSPS) is 11.3. The van der Waals surface area contributed by atoms with Gasteiger partial charge in [-0.25, -0.2) is 4.68 Å². The third-order valence-corrected chi connectivity index (χ3v) is 2.80. The first-order chi connectivity index (χ1) is 9.35. The van der Waals surface area contributed by atoms with E-state index in [1.807, 2.05) is 42.5 Å². The van der Waals surface area contributed by atoms with Gasteiger partial charge in [0, 0.05) is 19.7 Å². The number of aromatic nitrogens is 3. The number of nitrogens with two attached hydrogens (primary N) is 1. The van der Waals surface area contributed by atoms with Gasteiger partial charge in [-0.05, 0) is 18.1 Å². The fourth-order valence-electron chi connectivity index (χ4n) is 1.81. The number of rotatable bonds is 6. The number of aryl methyl sites for hydroxylation is 1. The lowest BCUT2D eigenvalue weighted by Gasteiger charge is -2.02. The van der Waals surface area contributed by atoms with Crippen LogP contribution in [0.25, 0.3) is 12.2 Å². The van der Waals surface area contributed by atoms with Gasteiger partial charge in [0.15, 0.2) is 0 Å². The summed E-state index contributed by atoms with van der Waals surface area (Å²) in [6.07, 6.45) is 4.63. The van der Waals surface area contributed by atoms with E-state index in [4.69, 9.17) is 10.8 Å². The highest BCUT2D eigenvalue weighted by molar-refractivity contribution is 5.68. The first kappa shape index (κ1) is 13.5. The van der Waals surface area contributed by atoms with Gasteiger partial charge in [-0.3, -0.25) is 0 Å². The van der Waals surface area contributed by atoms with Crippen molar-refractivity contribution in [1.82, 2.24) is 15.0 Å². The van der Waals surface area contributed by atoms with Gasteiger partial charge in [0.2, 0.25) is 0 Å². The Kier molecular flexibility index (Phi) is 4.83. The van der Waals surface area contributed by atoms with Crippen LogP contribution in [-0.4, -0.2) is 26.7 Å². The molecule has 0 spiro atoms. The maximum atomic E-state index is 8.89. The molecule has 0 unspecified atom stereocenters. The molecule has 1 aromatic carbocycles. The van der Waals surface area contributed by atoms with Gasteiger partial charge in [-0.2, -0.15) is 0 Å². The largest absolute Gasteiger partial charge is 0.396 e. The zero-order valence-electron chi connectivity index (χ0n) is 10.7. The van der Waals surface area contributed by atoms with Gasteiger partial charge >= 0.3 is 0 Å². The Balaban J connectivity index is 2.22. The second kappa shape index (κ2) is 6.82. The lowest BCUT2D eigenvalue weighted by Crippen LogP contribution is -2.05. The molecule has 0 saturated carbocycles. The standard InChI is InChI=1S/C14H18N4O/c15-11-13-14(18(17-16-13)9-4-10-19)8-7-12-5-2-1-3-6-12/h1-3,5-8,19H,4,9-11,15H2/b8-7+. The minimum absolute atomic E-state index is 0.139. The summed E-state index contributed by atoms with van der Waals surface area (Å²) in [5, 5.41) is 17.0. The molecule has 3 N–H and O–H groups in total. The molecule has 2 rings (SSSR count). The predicted octanol–water partition coefficient (Wildman–Crippen LogP) is 1.29. The highest BCUT2D eigenvalue weighted by atomic mass is 16.3. The van der Waals surface area contributed by atoms with E-state index in [0.717, 1.165) is 17.0 Å². The first-order valence-electron chi connectivity index (χ1n) is 6.31. The number of hydrogen-bond acceptors (Lipinski definition) is 4. The van der Waals surface area contributed by atoms with Crippen LogP contribution in [0.5, 0.6) is 0 Å². The Hall–Kier alpha value is -1.98. The smallest absolute Gasteiger partial charge is 0.104 e. The minimum Gasteiger partial charge on any atom is -0.396 e. The van der Waals surface area contributed by atoms with Crippen molar-refractivity contribution in [3.8, 4) is 0 Å². The molecule has 0 atom stereocenters. The zero-order valence-corrected chi connectivity index (χ0v) is 10.7. The van der Waals surface area contributed by atoms with Gasteiger partial charge < -0.3 is 10.8 Å². The number of aliphatic hydroxyl groups excluding tert-OH is 1. The van der Waals surface area contributed by atoms with Crippen LogP contribution in [0.15, 0.2) is 30.3 Å². The molecular formula is C14H18N4O. The molecule has 0 saturated heterocycles. The summed E-state index contributed by atoms with van der Waals surface area (Å²) < 4.78 is 1.78. The highest BCUT2D eigenvalue weighted by Crippen LogP contribution is 2.11. The second-order valence-electron chi connectivity index (χ2n) is 4.17. The Morgan fingerprint density at radius 2 is 2.00 bits per heavy atom. The molecule has 0 radical (unpaired) electrons. The maximum Gasteiger partial charge on any atom is 0.104 e. The monoisotopic (exact) mass is 258 g/mol. The Morgan fingerprint density at radius 1 is 1.21 bits per heavy atom. The van der Waals surface area contributed by atoms with Gasteiger partial charge in [0.1, 0.15) is 5.69 Å². The van der Waals surface area contributed by atoms with Crippen molar-refractivity contribution >= 4 is 12.2 Å². The molecule has 0 aliphatic heterocycles. The summed E-state index contributed by atoms with van der Waals surface area (Å²) in [5.74, 6) is 0. The minimum atomic E-state index is 0.139. The van der Waals surface area contributed by atoms with Crippen molar-refractivity contribution in [2.24, 2.45) is 5.73 Å². The van der Waals surface area contributed by atoms with E-state index in [-0.39, 0.29) is 6.61 Å². The van der Waals surface area contributed by atoms with Crippen LogP contribution in [0.2, 0.25) is 0 Å². The molecule has 2 aromatic rings. The van der Waals surface area contributed by atoms with Crippen LogP contribution in [0.4, 0.5) is 0 Å². The van der Waals surface area contributed by atoms with Gasteiger partial charge in [0.25, 0.3) is 0 Å². The van der Waals surface area contributed by atoms with Crippen LogP contribution >= 0.6 is 0 Å². The van der Waals surface area contributed by atoms with E-state index in [2.05, 4.69) is 10.3 Å². The van der Waals surface area contributed by atoms with E-state index in [0.29, 0.717) is 19.5 Å². The summed E-state index contributed by atoms with van der Waals surface area (Å²) in [6.45, 7) is 1.13. The van der Waals surface area contributed by atoms with E-state index in [1.54, 1.807) is 4.68 Å².